The van der Waals surface area contributed by atoms with Gasteiger partial charge >= 0.3 is 0 Å². The molecule has 0 amide bonds. The second-order valence-electron chi connectivity index (χ2n) is 7.62. The molecule has 0 bridgehead atoms. The van der Waals surface area contributed by atoms with Crippen LogP contribution in [0.1, 0.15) is 13.3 Å². The van der Waals surface area contributed by atoms with Crippen molar-refractivity contribution < 1.29 is 8.42 Å². The van der Waals surface area contributed by atoms with Gasteiger partial charge in [0.1, 0.15) is 0 Å². The highest BCUT2D eigenvalue weighted by Gasteiger charge is 2.36. The van der Waals surface area contributed by atoms with Gasteiger partial charge in [0, 0.05) is 65.4 Å². The van der Waals surface area contributed by atoms with Gasteiger partial charge in [0.25, 0.3) is 10.2 Å². The van der Waals surface area contributed by atoms with Crippen molar-refractivity contribution in [2.24, 2.45) is 5.41 Å². The maximum Gasteiger partial charge on any atom is 0.282 e. The molecular formula is C15H32ClN5O2S. The van der Waals surface area contributed by atoms with Gasteiger partial charge in [0.2, 0.25) is 0 Å². The SMILES string of the molecule is CN1CCN(S(=O)(=O)N2CCN(CC3(C)CCNC3)CC2)CC1.Cl. The molecular weight excluding hydrogens is 350 g/mol. The van der Waals surface area contributed by atoms with Crippen LogP contribution in [0.3, 0.4) is 0 Å². The Kier molecular flexibility index (Phi) is 6.92. The summed E-state index contributed by atoms with van der Waals surface area (Å²) in [6.45, 7) is 11.4. The summed E-state index contributed by atoms with van der Waals surface area (Å²) in [6, 6.07) is 0. The summed E-state index contributed by atoms with van der Waals surface area (Å²) in [4.78, 5) is 4.61. The monoisotopic (exact) mass is 381 g/mol. The second kappa shape index (κ2) is 8.16. The highest BCUT2D eigenvalue weighted by atomic mass is 35.5. The first-order valence-electron chi connectivity index (χ1n) is 8.76. The van der Waals surface area contributed by atoms with Crippen molar-refractivity contribution in [1.82, 2.24) is 23.7 Å². The van der Waals surface area contributed by atoms with Crippen molar-refractivity contribution in [2.75, 3.05) is 79.0 Å². The number of nitrogens with one attached hydrogen (secondary N) is 1. The minimum absolute atomic E-state index is 0. The summed E-state index contributed by atoms with van der Waals surface area (Å²) in [5, 5.41) is 3.44. The van der Waals surface area contributed by atoms with E-state index in [2.05, 4.69) is 22.0 Å². The lowest BCUT2D eigenvalue weighted by molar-refractivity contribution is 0.126. The van der Waals surface area contributed by atoms with E-state index >= 15 is 0 Å². The van der Waals surface area contributed by atoms with Crippen molar-refractivity contribution in [3.63, 3.8) is 0 Å². The predicted molar refractivity (Wildman–Crippen MR) is 98.8 cm³/mol. The first-order chi connectivity index (χ1) is 10.9. The van der Waals surface area contributed by atoms with Crippen molar-refractivity contribution in [3.8, 4) is 0 Å². The number of halogens is 1. The Hall–Kier alpha value is 0.0400. The standard InChI is InChI=1S/C15H31N5O2S.ClH/c1-15(3-4-16-13-15)14-18-7-11-20(12-8-18)23(21,22)19-9-5-17(2)6-10-19;/h16H,3-14H2,1-2H3;1H. The molecule has 1 unspecified atom stereocenters. The third kappa shape index (κ3) is 4.60. The van der Waals surface area contributed by atoms with Crippen LogP contribution in [0.25, 0.3) is 0 Å². The normalized spacial score (nSPS) is 31.9. The molecule has 0 aromatic carbocycles. The molecule has 1 N–H and O–H groups in total. The smallest absolute Gasteiger partial charge is 0.282 e. The molecule has 0 radical (unpaired) electrons. The summed E-state index contributed by atoms with van der Waals surface area (Å²) in [5.41, 5.74) is 0.346. The van der Waals surface area contributed by atoms with Gasteiger partial charge in [-0.1, -0.05) is 6.92 Å². The van der Waals surface area contributed by atoms with E-state index in [9.17, 15) is 8.42 Å². The Morgan fingerprint density at radius 3 is 2.00 bits per heavy atom. The Labute approximate surface area is 152 Å². The maximum atomic E-state index is 12.8. The zero-order valence-electron chi connectivity index (χ0n) is 14.9. The van der Waals surface area contributed by atoms with E-state index < -0.39 is 10.2 Å². The predicted octanol–water partition coefficient (Wildman–Crippen LogP) is -0.482. The Morgan fingerprint density at radius 1 is 0.958 bits per heavy atom. The summed E-state index contributed by atoms with van der Waals surface area (Å²) in [7, 11) is -1.23. The zero-order chi connectivity index (χ0) is 16.5. The molecule has 3 fully saturated rings. The third-order valence-electron chi connectivity index (χ3n) is 5.51. The number of rotatable bonds is 4. The molecule has 0 aromatic rings. The zero-order valence-corrected chi connectivity index (χ0v) is 16.5. The first kappa shape index (κ1) is 20.4. The molecule has 3 saturated heterocycles. The van der Waals surface area contributed by atoms with Crippen LogP contribution in [-0.2, 0) is 10.2 Å². The maximum absolute atomic E-state index is 12.8. The second-order valence-corrected chi connectivity index (χ2v) is 9.55. The number of hydrogen-bond donors (Lipinski definition) is 1. The van der Waals surface area contributed by atoms with Crippen molar-refractivity contribution in [2.45, 2.75) is 13.3 Å². The molecule has 0 spiro atoms. The van der Waals surface area contributed by atoms with Crippen LogP contribution in [0, 0.1) is 5.41 Å². The van der Waals surface area contributed by atoms with E-state index in [0.29, 0.717) is 31.6 Å². The molecule has 3 aliphatic rings. The van der Waals surface area contributed by atoms with E-state index in [1.165, 1.54) is 6.42 Å². The number of likely N-dealkylation sites (N-methyl/N-ethyl adjacent to an activating group) is 1. The molecule has 3 heterocycles. The third-order valence-corrected chi connectivity index (χ3v) is 7.54. The lowest BCUT2D eigenvalue weighted by atomic mass is 9.89. The van der Waals surface area contributed by atoms with Crippen molar-refractivity contribution in [3.05, 3.63) is 0 Å². The minimum Gasteiger partial charge on any atom is -0.316 e. The van der Waals surface area contributed by atoms with Gasteiger partial charge in [-0.05, 0) is 25.4 Å². The van der Waals surface area contributed by atoms with Gasteiger partial charge < -0.3 is 15.1 Å². The molecule has 1 atom stereocenters. The fraction of sp³-hybridized carbons (Fsp3) is 1.00. The van der Waals surface area contributed by atoms with Crippen LogP contribution in [0.2, 0.25) is 0 Å². The lowest BCUT2D eigenvalue weighted by Gasteiger charge is -2.40. The summed E-state index contributed by atoms with van der Waals surface area (Å²) >= 11 is 0. The van der Waals surface area contributed by atoms with E-state index in [0.717, 1.165) is 45.8 Å². The van der Waals surface area contributed by atoms with Crippen LogP contribution in [0.4, 0.5) is 0 Å². The van der Waals surface area contributed by atoms with Crippen molar-refractivity contribution in [1.29, 1.82) is 0 Å². The van der Waals surface area contributed by atoms with E-state index in [1.54, 1.807) is 8.61 Å². The van der Waals surface area contributed by atoms with Gasteiger partial charge in [-0.15, -0.1) is 12.4 Å². The number of hydrogen-bond acceptors (Lipinski definition) is 5. The molecule has 3 aliphatic heterocycles. The van der Waals surface area contributed by atoms with E-state index in [4.69, 9.17) is 0 Å². The van der Waals surface area contributed by atoms with Gasteiger partial charge in [-0.25, -0.2) is 0 Å². The summed E-state index contributed by atoms with van der Waals surface area (Å²) in [5.74, 6) is 0. The Balaban J connectivity index is 0.00000208. The number of piperazine rings is 2. The largest absolute Gasteiger partial charge is 0.316 e. The molecule has 9 heteroatoms. The van der Waals surface area contributed by atoms with Gasteiger partial charge in [-0.2, -0.15) is 17.0 Å². The lowest BCUT2D eigenvalue weighted by Crippen LogP contribution is -2.57. The quantitative estimate of drug-likeness (QED) is 0.712. The van der Waals surface area contributed by atoms with Crippen LogP contribution in [0.5, 0.6) is 0 Å². The highest BCUT2D eigenvalue weighted by molar-refractivity contribution is 7.86. The van der Waals surface area contributed by atoms with Crippen LogP contribution < -0.4 is 5.32 Å². The molecule has 0 saturated carbocycles. The molecule has 0 aliphatic carbocycles. The summed E-state index contributed by atoms with van der Waals surface area (Å²) in [6.07, 6.45) is 1.22. The number of nitrogens with zero attached hydrogens (tertiary/aromatic N) is 4. The molecule has 24 heavy (non-hydrogen) atoms. The van der Waals surface area contributed by atoms with Gasteiger partial charge in [0.15, 0.2) is 0 Å². The molecule has 7 nitrogen and oxygen atoms in total. The highest BCUT2D eigenvalue weighted by Crippen LogP contribution is 2.26. The van der Waals surface area contributed by atoms with E-state index in [1.807, 2.05) is 7.05 Å². The average Bonchev–Trinajstić information content (AvgIpc) is 2.94. The Morgan fingerprint density at radius 2 is 1.50 bits per heavy atom. The Bertz CT molecular complexity index is 496. The van der Waals surface area contributed by atoms with E-state index in [-0.39, 0.29) is 12.4 Å². The van der Waals surface area contributed by atoms with Crippen LogP contribution >= 0.6 is 12.4 Å². The average molecular weight is 382 g/mol. The van der Waals surface area contributed by atoms with Gasteiger partial charge in [-0.3, -0.25) is 0 Å². The fourth-order valence-electron chi connectivity index (χ4n) is 3.84. The minimum atomic E-state index is -3.27. The van der Waals surface area contributed by atoms with Gasteiger partial charge in [0.05, 0.1) is 0 Å². The molecule has 142 valence electrons. The molecule has 0 aromatic heterocycles. The topological polar surface area (TPSA) is 59.1 Å². The summed E-state index contributed by atoms with van der Waals surface area (Å²) < 4.78 is 28.9. The molecule has 3 rings (SSSR count). The van der Waals surface area contributed by atoms with Crippen LogP contribution in [-0.4, -0.2) is 106 Å². The fourth-order valence-corrected chi connectivity index (χ4v) is 5.42. The van der Waals surface area contributed by atoms with Crippen LogP contribution in [0.15, 0.2) is 0 Å². The first-order valence-corrected chi connectivity index (χ1v) is 10.2. The van der Waals surface area contributed by atoms with Crippen molar-refractivity contribution >= 4 is 22.6 Å².